The average Bonchev–Trinajstić information content (AvgIpc) is 2.76. The van der Waals surface area contributed by atoms with Crippen molar-refractivity contribution in [2.75, 3.05) is 6.54 Å². The Morgan fingerprint density at radius 2 is 2.22 bits per heavy atom. The van der Waals surface area contributed by atoms with Crippen LogP contribution < -0.4 is 0 Å². The second kappa shape index (κ2) is 5.15. The average molecular weight is 292 g/mol. The topological polar surface area (TPSA) is 37.4 Å². The Kier molecular flexibility index (Phi) is 3.94. The largest absolute Gasteiger partial charge is 0.246 e. The monoisotopic (exact) mass is 291 g/mol. The summed E-state index contributed by atoms with van der Waals surface area (Å²) in [7, 11) is -3.75. The van der Waals surface area contributed by atoms with Crippen LogP contribution in [0, 0.1) is 5.82 Å². The number of nitrogens with zero attached hydrogens (tertiary/aromatic N) is 1. The molecule has 1 aromatic rings. The molecule has 3 nitrogen and oxygen atoms in total. The number of sulfonamides is 1. The zero-order valence-corrected chi connectivity index (χ0v) is 11.6. The zero-order chi connectivity index (χ0) is 13.3. The molecule has 6 heteroatoms. The van der Waals surface area contributed by atoms with Crippen molar-refractivity contribution < 1.29 is 12.8 Å². The minimum atomic E-state index is -3.75. The first-order valence-electron chi connectivity index (χ1n) is 5.83. The van der Waals surface area contributed by atoms with Gasteiger partial charge in [0.05, 0.1) is 0 Å². The third-order valence-electron chi connectivity index (χ3n) is 3.23. The second-order valence-electron chi connectivity index (χ2n) is 4.51. The van der Waals surface area contributed by atoms with Crippen molar-refractivity contribution in [1.82, 2.24) is 4.31 Å². The van der Waals surface area contributed by atoms with E-state index < -0.39 is 15.8 Å². The van der Waals surface area contributed by atoms with Crippen LogP contribution in [0.2, 0.25) is 0 Å². The minimum Gasteiger partial charge on any atom is -0.207 e. The Morgan fingerprint density at radius 3 is 2.78 bits per heavy atom. The summed E-state index contributed by atoms with van der Waals surface area (Å²) in [5.41, 5.74) is 0.600. The normalized spacial score (nSPS) is 21.4. The Labute approximate surface area is 112 Å². The second-order valence-corrected chi connectivity index (χ2v) is 6.63. The van der Waals surface area contributed by atoms with E-state index in [2.05, 4.69) is 0 Å². The SMILES string of the molecule is CC1CCCN1S(=O)(=O)c1cc(CCl)ccc1F. The first-order valence-corrected chi connectivity index (χ1v) is 7.80. The lowest BCUT2D eigenvalue weighted by Crippen LogP contribution is -2.34. The lowest BCUT2D eigenvalue weighted by molar-refractivity contribution is 0.405. The molecular weight excluding hydrogens is 277 g/mol. The molecule has 0 spiro atoms. The number of halogens is 2. The lowest BCUT2D eigenvalue weighted by Gasteiger charge is -2.21. The summed E-state index contributed by atoms with van der Waals surface area (Å²) >= 11 is 5.66. The van der Waals surface area contributed by atoms with Gasteiger partial charge >= 0.3 is 0 Å². The van der Waals surface area contributed by atoms with Crippen LogP contribution in [-0.2, 0) is 15.9 Å². The van der Waals surface area contributed by atoms with Gasteiger partial charge < -0.3 is 0 Å². The van der Waals surface area contributed by atoms with Gasteiger partial charge in [0.1, 0.15) is 10.7 Å². The van der Waals surface area contributed by atoms with Gasteiger partial charge in [0.25, 0.3) is 0 Å². The Morgan fingerprint density at radius 1 is 1.50 bits per heavy atom. The Hall–Kier alpha value is -0.650. The third kappa shape index (κ3) is 2.39. The van der Waals surface area contributed by atoms with Crippen LogP contribution in [0.3, 0.4) is 0 Å². The highest BCUT2D eigenvalue weighted by molar-refractivity contribution is 7.89. The van der Waals surface area contributed by atoms with Crippen molar-refractivity contribution in [3.05, 3.63) is 29.6 Å². The summed E-state index contributed by atoms with van der Waals surface area (Å²) in [5.74, 6) is -0.554. The molecule has 1 aliphatic rings. The van der Waals surface area contributed by atoms with E-state index in [0.29, 0.717) is 12.1 Å². The smallest absolute Gasteiger partial charge is 0.207 e. The van der Waals surface area contributed by atoms with Crippen LogP contribution >= 0.6 is 11.6 Å². The quantitative estimate of drug-likeness (QED) is 0.803. The fourth-order valence-electron chi connectivity index (χ4n) is 2.22. The number of benzene rings is 1. The fraction of sp³-hybridized carbons (Fsp3) is 0.500. The number of hydrogen-bond donors (Lipinski definition) is 0. The van der Waals surface area contributed by atoms with E-state index in [0.717, 1.165) is 18.9 Å². The van der Waals surface area contributed by atoms with Crippen LogP contribution in [0.4, 0.5) is 4.39 Å². The van der Waals surface area contributed by atoms with Gasteiger partial charge in [-0.15, -0.1) is 11.6 Å². The highest BCUT2D eigenvalue weighted by Gasteiger charge is 2.34. The first kappa shape index (κ1) is 13.8. The molecule has 0 amide bonds. The van der Waals surface area contributed by atoms with Gasteiger partial charge in [0, 0.05) is 18.5 Å². The minimum absolute atomic E-state index is 0.0749. The molecule has 0 N–H and O–H groups in total. The predicted octanol–water partition coefficient (Wildman–Crippen LogP) is 2.74. The zero-order valence-electron chi connectivity index (χ0n) is 10.1. The third-order valence-corrected chi connectivity index (χ3v) is 5.57. The molecule has 0 radical (unpaired) electrons. The Balaban J connectivity index is 2.46. The number of hydrogen-bond acceptors (Lipinski definition) is 2. The van der Waals surface area contributed by atoms with Gasteiger partial charge in [-0.25, -0.2) is 12.8 Å². The summed E-state index contributed by atoms with van der Waals surface area (Å²) in [5, 5.41) is 0. The van der Waals surface area contributed by atoms with E-state index >= 15 is 0 Å². The molecular formula is C12H15ClFNO2S. The molecule has 2 rings (SSSR count). The van der Waals surface area contributed by atoms with Crippen molar-refractivity contribution in [1.29, 1.82) is 0 Å². The standard InChI is InChI=1S/C12H15ClFNO2S/c1-9-3-2-6-15(9)18(16,17)12-7-10(8-13)4-5-11(12)14/h4-5,7,9H,2-3,6,8H2,1H3. The van der Waals surface area contributed by atoms with E-state index in [1.165, 1.54) is 16.4 Å². The maximum absolute atomic E-state index is 13.7. The molecule has 0 bridgehead atoms. The van der Waals surface area contributed by atoms with Crippen molar-refractivity contribution in [2.24, 2.45) is 0 Å². The molecule has 1 unspecified atom stereocenters. The van der Waals surface area contributed by atoms with Crippen LogP contribution in [0.15, 0.2) is 23.1 Å². The van der Waals surface area contributed by atoms with Crippen molar-refractivity contribution in [2.45, 2.75) is 36.6 Å². The molecule has 0 saturated carbocycles. The highest BCUT2D eigenvalue weighted by atomic mass is 35.5. The lowest BCUT2D eigenvalue weighted by atomic mass is 10.2. The fourth-order valence-corrected chi connectivity index (χ4v) is 4.20. The summed E-state index contributed by atoms with van der Waals surface area (Å²) < 4.78 is 39.9. The number of rotatable bonds is 3. The van der Waals surface area contributed by atoms with E-state index in [4.69, 9.17) is 11.6 Å². The summed E-state index contributed by atoms with van der Waals surface area (Å²) in [6, 6.07) is 3.90. The molecule has 100 valence electrons. The van der Waals surface area contributed by atoms with E-state index in [-0.39, 0.29) is 16.8 Å². The van der Waals surface area contributed by atoms with Crippen molar-refractivity contribution in [3.63, 3.8) is 0 Å². The number of alkyl halides is 1. The molecule has 0 aliphatic carbocycles. The molecule has 18 heavy (non-hydrogen) atoms. The van der Waals surface area contributed by atoms with Crippen molar-refractivity contribution >= 4 is 21.6 Å². The van der Waals surface area contributed by atoms with Gasteiger partial charge in [0.15, 0.2) is 0 Å². The molecule has 1 saturated heterocycles. The van der Waals surface area contributed by atoms with E-state index in [1.807, 2.05) is 6.92 Å². The van der Waals surface area contributed by atoms with Crippen LogP contribution in [-0.4, -0.2) is 25.3 Å². The van der Waals surface area contributed by atoms with Gasteiger partial charge in [-0.2, -0.15) is 4.31 Å². The highest BCUT2D eigenvalue weighted by Crippen LogP contribution is 2.28. The first-order chi connectivity index (χ1) is 8.46. The van der Waals surface area contributed by atoms with Crippen molar-refractivity contribution in [3.8, 4) is 0 Å². The molecule has 1 aliphatic heterocycles. The van der Waals surface area contributed by atoms with Crippen LogP contribution in [0.1, 0.15) is 25.3 Å². The molecule has 1 heterocycles. The summed E-state index contributed by atoms with van der Waals surface area (Å²) in [4.78, 5) is -0.269. The maximum Gasteiger partial charge on any atom is 0.246 e. The molecule has 0 aromatic heterocycles. The van der Waals surface area contributed by atoms with Gasteiger partial charge in [-0.3, -0.25) is 0 Å². The predicted molar refractivity (Wildman–Crippen MR) is 68.5 cm³/mol. The molecule has 1 fully saturated rings. The van der Waals surface area contributed by atoms with Gasteiger partial charge in [-0.1, -0.05) is 6.07 Å². The van der Waals surface area contributed by atoms with Crippen LogP contribution in [0.25, 0.3) is 0 Å². The van der Waals surface area contributed by atoms with Gasteiger partial charge in [0.2, 0.25) is 10.0 Å². The van der Waals surface area contributed by atoms with Gasteiger partial charge in [-0.05, 0) is 37.5 Å². The summed E-state index contributed by atoms with van der Waals surface area (Å²) in [6.45, 7) is 2.29. The van der Waals surface area contributed by atoms with Crippen LogP contribution in [0.5, 0.6) is 0 Å². The summed E-state index contributed by atoms with van der Waals surface area (Å²) in [6.07, 6.45) is 1.63. The maximum atomic E-state index is 13.7. The van der Waals surface area contributed by atoms with E-state index in [9.17, 15) is 12.8 Å². The Bertz CT molecular complexity index is 547. The van der Waals surface area contributed by atoms with E-state index in [1.54, 1.807) is 0 Å². The molecule has 1 atom stereocenters. The molecule has 1 aromatic carbocycles.